The molecule has 1 aromatic rings. The highest BCUT2D eigenvalue weighted by Gasteiger charge is 2.12. The first kappa shape index (κ1) is 20.7. The van der Waals surface area contributed by atoms with Crippen LogP contribution in [0.1, 0.15) is 57.7 Å². The van der Waals surface area contributed by atoms with Gasteiger partial charge in [-0.1, -0.05) is 20.8 Å². The fourth-order valence-corrected chi connectivity index (χ4v) is 1.97. The van der Waals surface area contributed by atoms with Gasteiger partial charge >= 0.3 is 11.7 Å². The van der Waals surface area contributed by atoms with Gasteiger partial charge in [-0.25, -0.2) is 9.36 Å². The molecule has 0 spiro atoms. The van der Waals surface area contributed by atoms with Crippen LogP contribution in [0, 0.1) is 5.92 Å². The van der Waals surface area contributed by atoms with Crippen LogP contribution in [-0.4, -0.2) is 34.6 Å². The van der Waals surface area contributed by atoms with Crippen molar-refractivity contribution in [2.24, 2.45) is 5.92 Å². The Morgan fingerprint density at radius 3 is 2.52 bits per heavy atom. The molecule has 8 nitrogen and oxygen atoms in total. The van der Waals surface area contributed by atoms with E-state index in [1.165, 1.54) is 0 Å². The van der Waals surface area contributed by atoms with E-state index in [1.807, 2.05) is 6.92 Å². The molecule has 25 heavy (non-hydrogen) atoms. The first-order chi connectivity index (χ1) is 11.9. The minimum Gasteiger partial charge on any atom is -0.487 e. The van der Waals surface area contributed by atoms with Crippen LogP contribution >= 0.6 is 0 Å². The van der Waals surface area contributed by atoms with Gasteiger partial charge < -0.3 is 9.47 Å². The van der Waals surface area contributed by atoms with Crippen LogP contribution in [0.5, 0.6) is 5.75 Å². The van der Waals surface area contributed by atoms with Crippen LogP contribution in [0.25, 0.3) is 0 Å². The third-order valence-corrected chi connectivity index (χ3v) is 3.39. The molecular formula is C17H26N2O6. The molecule has 0 amide bonds. The van der Waals surface area contributed by atoms with Gasteiger partial charge in [0.2, 0.25) is 11.7 Å². The van der Waals surface area contributed by atoms with Gasteiger partial charge in [0.15, 0.2) is 0 Å². The molecule has 0 saturated carbocycles. The van der Waals surface area contributed by atoms with Crippen molar-refractivity contribution in [2.75, 3.05) is 13.2 Å². The molecule has 0 aromatic carbocycles. The number of aromatic nitrogens is 2. The normalized spacial score (nSPS) is 10.7. The Hall–Kier alpha value is -2.38. The van der Waals surface area contributed by atoms with E-state index in [0.29, 0.717) is 38.9 Å². The average molecular weight is 354 g/mol. The summed E-state index contributed by atoms with van der Waals surface area (Å²) in [6.07, 6.45) is 3.88. The van der Waals surface area contributed by atoms with E-state index in [0.717, 1.165) is 10.8 Å². The molecule has 1 heterocycles. The summed E-state index contributed by atoms with van der Waals surface area (Å²) >= 11 is 0. The fourth-order valence-electron chi connectivity index (χ4n) is 1.97. The van der Waals surface area contributed by atoms with Gasteiger partial charge in [-0.05, 0) is 25.7 Å². The monoisotopic (exact) mass is 354 g/mol. The van der Waals surface area contributed by atoms with Crippen molar-refractivity contribution in [2.45, 2.75) is 52.9 Å². The molecule has 0 aliphatic rings. The third-order valence-electron chi connectivity index (χ3n) is 3.39. The van der Waals surface area contributed by atoms with Crippen molar-refractivity contribution < 1.29 is 19.1 Å². The number of unbranched alkanes of at least 4 members (excludes halogenated alkanes) is 2. The summed E-state index contributed by atoms with van der Waals surface area (Å²) in [4.78, 5) is 48.9. The number of carbonyl (C=O) groups excluding carboxylic acids is 2. The quantitative estimate of drug-likeness (QED) is 0.506. The van der Waals surface area contributed by atoms with E-state index in [9.17, 15) is 19.2 Å². The van der Waals surface area contributed by atoms with Crippen LogP contribution in [-0.2, 0) is 9.53 Å². The zero-order valence-electron chi connectivity index (χ0n) is 15.0. The Morgan fingerprint density at radius 1 is 1.16 bits per heavy atom. The highest BCUT2D eigenvalue weighted by molar-refractivity contribution is 5.78. The first-order valence-corrected chi connectivity index (χ1v) is 8.55. The Morgan fingerprint density at radius 2 is 1.88 bits per heavy atom. The maximum absolute atomic E-state index is 12.1. The Kier molecular flexibility index (Phi) is 8.66. The zero-order valence-corrected chi connectivity index (χ0v) is 15.0. The van der Waals surface area contributed by atoms with Crippen LogP contribution in [0.15, 0.2) is 15.8 Å². The second-order valence-electron chi connectivity index (χ2n) is 6.00. The zero-order chi connectivity index (χ0) is 18.8. The molecule has 0 unspecified atom stereocenters. The Labute approximate surface area is 146 Å². The smallest absolute Gasteiger partial charge is 0.335 e. The van der Waals surface area contributed by atoms with Crippen LogP contribution in [0.2, 0.25) is 0 Å². The lowest BCUT2D eigenvalue weighted by molar-refractivity contribution is -0.147. The largest absolute Gasteiger partial charge is 0.487 e. The minimum atomic E-state index is -0.773. The van der Waals surface area contributed by atoms with Gasteiger partial charge in [0, 0.05) is 6.42 Å². The summed E-state index contributed by atoms with van der Waals surface area (Å²) in [7, 11) is 0. The highest BCUT2D eigenvalue weighted by Crippen LogP contribution is 2.05. The molecule has 1 rings (SSSR count). The van der Waals surface area contributed by atoms with Crippen LogP contribution in [0.3, 0.4) is 0 Å². The van der Waals surface area contributed by atoms with Gasteiger partial charge in [-0.3, -0.25) is 19.4 Å². The van der Waals surface area contributed by atoms with Gasteiger partial charge in [-0.2, -0.15) is 0 Å². The Bertz CT molecular complexity index is 689. The van der Waals surface area contributed by atoms with Crippen molar-refractivity contribution in [3.8, 4) is 5.75 Å². The van der Waals surface area contributed by atoms with Gasteiger partial charge in [0.1, 0.15) is 0 Å². The molecular weight excluding hydrogens is 328 g/mol. The first-order valence-electron chi connectivity index (χ1n) is 8.55. The summed E-state index contributed by atoms with van der Waals surface area (Å²) in [6, 6.07) is 0. The molecule has 0 aliphatic carbocycles. The van der Waals surface area contributed by atoms with E-state index in [4.69, 9.17) is 9.47 Å². The molecule has 0 aliphatic heterocycles. The van der Waals surface area contributed by atoms with E-state index in [-0.39, 0.29) is 24.1 Å². The number of carbonyl (C=O) groups is 2. The maximum Gasteiger partial charge on any atom is 0.335 e. The lowest BCUT2D eigenvalue weighted by Gasteiger charge is -2.08. The molecule has 1 aromatic heterocycles. The van der Waals surface area contributed by atoms with Crippen molar-refractivity contribution >= 4 is 11.9 Å². The number of hydrogen-bond acceptors (Lipinski definition) is 6. The number of nitrogens with zero attached hydrogens (tertiary/aromatic N) is 1. The summed E-state index contributed by atoms with van der Waals surface area (Å²) < 4.78 is 11.1. The summed E-state index contributed by atoms with van der Waals surface area (Å²) in [5, 5.41) is 0. The fraction of sp³-hybridized carbons (Fsp3) is 0.647. The summed E-state index contributed by atoms with van der Waals surface area (Å²) in [5.74, 6) is -0.856. The molecule has 8 heteroatoms. The van der Waals surface area contributed by atoms with Crippen LogP contribution in [0.4, 0.5) is 0 Å². The molecule has 0 fully saturated rings. The number of H-pyrrole nitrogens is 1. The van der Waals surface area contributed by atoms with Gasteiger partial charge in [-0.15, -0.1) is 0 Å². The second kappa shape index (κ2) is 10.5. The van der Waals surface area contributed by atoms with Gasteiger partial charge in [0.05, 0.1) is 25.3 Å². The predicted molar refractivity (Wildman–Crippen MR) is 92.0 cm³/mol. The van der Waals surface area contributed by atoms with Crippen molar-refractivity contribution in [3.05, 3.63) is 27.0 Å². The molecule has 0 atom stereocenters. The molecule has 0 saturated heterocycles. The van der Waals surface area contributed by atoms with Crippen molar-refractivity contribution in [1.29, 1.82) is 0 Å². The van der Waals surface area contributed by atoms with E-state index < -0.39 is 17.2 Å². The average Bonchev–Trinajstić information content (AvgIpc) is 2.56. The number of esters is 1. The highest BCUT2D eigenvalue weighted by atomic mass is 16.5. The maximum atomic E-state index is 12.1. The summed E-state index contributed by atoms with van der Waals surface area (Å²) in [5.41, 5.74) is -1.42. The standard InChI is InChI=1S/C17H26N2O6/c1-4-9-24-13-11-19(17(23)18-15(13)21)14(20)8-6-5-7-10-25-16(22)12(2)3/h11-12H,4-10H2,1-3H3,(H,18,21,23). The molecule has 140 valence electrons. The lowest BCUT2D eigenvalue weighted by Crippen LogP contribution is -2.34. The van der Waals surface area contributed by atoms with Crippen molar-refractivity contribution in [3.63, 3.8) is 0 Å². The number of nitrogens with one attached hydrogen (secondary N) is 1. The van der Waals surface area contributed by atoms with E-state index in [2.05, 4.69) is 4.98 Å². The minimum absolute atomic E-state index is 0.0459. The van der Waals surface area contributed by atoms with Crippen molar-refractivity contribution in [1.82, 2.24) is 9.55 Å². The number of ether oxygens (including phenoxy) is 2. The predicted octanol–water partition coefficient (Wildman–Crippen LogP) is 1.73. The molecule has 0 radical (unpaired) electrons. The van der Waals surface area contributed by atoms with E-state index in [1.54, 1.807) is 13.8 Å². The topological polar surface area (TPSA) is 107 Å². The van der Waals surface area contributed by atoms with Crippen LogP contribution < -0.4 is 16.0 Å². The van der Waals surface area contributed by atoms with Gasteiger partial charge in [0.25, 0.3) is 5.56 Å². The summed E-state index contributed by atoms with van der Waals surface area (Å²) in [6.45, 7) is 6.06. The third kappa shape index (κ3) is 6.94. The lowest BCUT2D eigenvalue weighted by atomic mass is 10.2. The number of aromatic amines is 1. The number of hydrogen-bond donors (Lipinski definition) is 1. The molecule has 1 N–H and O–H groups in total. The second-order valence-corrected chi connectivity index (χ2v) is 6.00. The number of rotatable bonds is 10. The Balaban J connectivity index is 2.48. The SMILES string of the molecule is CCCOc1cn(C(=O)CCCCCOC(=O)C(C)C)c(=O)[nH]c1=O. The van der Waals surface area contributed by atoms with E-state index >= 15 is 0 Å². The molecule has 0 bridgehead atoms.